The van der Waals surface area contributed by atoms with Gasteiger partial charge in [0.05, 0.1) is 11.6 Å². The van der Waals surface area contributed by atoms with Crippen molar-refractivity contribution < 1.29 is 4.74 Å². The highest BCUT2D eigenvalue weighted by atomic mass is 79.9. The minimum atomic E-state index is 0.873. The van der Waals surface area contributed by atoms with Crippen LogP contribution in [0.25, 0.3) is 0 Å². The second-order valence-electron chi connectivity index (χ2n) is 1.63. The van der Waals surface area contributed by atoms with Crippen LogP contribution in [0.4, 0.5) is 0 Å². The Balaban J connectivity index is 0.000000461. The third-order valence-electron chi connectivity index (χ3n) is 1.06. The Morgan fingerprint density at radius 1 is 1.36 bits per heavy atom. The summed E-state index contributed by atoms with van der Waals surface area (Å²) >= 11 is 3.33. The van der Waals surface area contributed by atoms with Crippen molar-refractivity contribution in [1.82, 2.24) is 0 Å². The molecule has 1 rings (SSSR count). The van der Waals surface area contributed by atoms with E-state index in [-0.39, 0.29) is 0 Å². The van der Waals surface area contributed by atoms with Gasteiger partial charge in [-0.3, -0.25) is 0 Å². The largest absolute Gasteiger partial charge is 0.496 e. The molecule has 0 saturated carbocycles. The highest BCUT2D eigenvalue weighted by Crippen LogP contribution is 2.22. The summed E-state index contributed by atoms with van der Waals surface area (Å²) < 4.78 is 5.99. The molecule has 1 aromatic carbocycles. The van der Waals surface area contributed by atoms with Crippen molar-refractivity contribution in [3.63, 3.8) is 0 Å². The summed E-state index contributed by atoms with van der Waals surface area (Å²) in [7, 11) is 1.65. The van der Waals surface area contributed by atoms with Crippen LogP contribution in [-0.2, 0) is 0 Å². The van der Waals surface area contributed by atoms with E-state index in [4.69, 9.17) is 10.00 Å². The summed E-state index contributed by atoms with van der Waals surface area (Å²) in [5.74, 6) is 0.873. The highest BCUT2D eigenvalue weighted by Gasteiger charge is 1.92. The molecule has 0 heterocycles. The maximum atomic E-state index is 6.50. The van der Waals surface area contributed by atoms with Gasteiger partial charge in [0.2, 0.25) is 0 Å². The molecule has 3 heteroatoms. The lowest BCUT2D eigenvalue weighted by atomic mass is 10.3. The van der Waals surface area contributed by atoms with Crippen LogP contribution in [0.1, 0.15) is 0 Å². The second kappa shape index (κ2) is 5.75. The molecule has 0 bridgehead atoms. The molecule has 0 fully saturated rings. The number of para-hydroxylation sites is 1. The van der Waals surface area contributed by atoms with Crippen molar-refractivity contribution in [3.8, 4) is 12.3 Å². The molecule has 58 valence electrons. The fourth-order valence-corrected chi connectivity index (χ4v) is 1.06. The van der Waals surface area contributed by atoms with Crippen LogP contribution in [0.15, 0.2) is 28.7 Å². The summed E-state index contributed by atoms with van der Waals surface area (Å²) in [5.41, 5.74) is 0. The van der Waals surface area contributed by atoms with E-state index in [1.165, 1.54) is 0 Å². The molecule has 0 aliphatic heterocycles. The molecular weight excluding hydrogens is 206 g/mol. The fourth-order valence-electron chi connectivity index (χ4n) is 0.610. The smallest absolute Gasteiger partial charge is 0.133 e. The normalized spacial score (nSPS) is 7.64. The zero-order chi connectivity index (χ0) is 8.69. The Bertz CT molecular complexity index is 235. The van der Waals surface area contributed by atoms with Gasteiger partial charge < -0.3 is 4.74 Å². The second-order valence-corrected chi connectivity index (χ2v) is 2.49. The Morgan fingerprint density at radius 2 is 1.91 bits per heavy atom. The number of methoxy groups -OCH3 is 1. The summed E-state index contributed by atoms with van der Waals surface area (Å²) in [5, 5.41) is 6.50. The quantitative estimate of drug-likeness (QED) is 0.719. The summed E-state index contributed by atoms with van der Waals surface area (Å²) in [6.45, 7) is 3.50. The Morgan fingerprint density at radius 3 is 2.27 bits per heavy atom. The van der Waals surface area contributed by atoms with Gasteiger partial charge in [-0.05, 0) is 28.1 Å². The number of rotatable bonds is 1. The average Bonchev–Trinajstić information content (AvgIpc) is 2.09. The molecule has 0 saturated heterocycles. The van der Waals surface area contributed by atoms with Crippen LogP contribution >= 0.6 is 15.9 Å². The molecule has 1 aromatic rings. The number of hydrogen-bond donors (Lipinski definition) is 0. The first kappa shape index (κ1) is 9.99. The lowest BCUT2D eigenvalue weighted by Crippen LogP contribution is -1.81. The van der Waals surface area contributed by atoms with Gasteiger partial charge in [0, 0.05) is 6.57 Å². The maximum absolute atomic E-state index is 6.50. The first-order valence-corrected chi connectivity index (χ1v) is 3.68. The van der Waals surface area contributed by atoms with Gasteiger partial charge in [0.25, 0.3) is 0 Å². The Hall–Kier alpha value is -1.01. The standard InChI is InChI=1S/C7H7BrO.CHN/c1-9-7-5-3-2-4-6(7)8;1-2/h2-5H,1H3;1H. The topological polar surface area (TPSA) is 33.0 Å². The summed E-state index contributed by atoms with van der Waals surface area (Å²) in [4.78, 5) is 0. The first-order valence-electron chi connectivity index (χ1n) is 2.89. The third-order valence-corrected chi connectivity index (χ3v) is 1.71. The molecule has 0 atom stereocenters. The van der Waals surface area contributed by atoms with Crippen molar-refractivity contribution in [2.45, 2.75) is 0 Å². The predicted molar refractivity (Wildman–Crippen MR) is 47.4 cm³/mol. The van der Waals surface area contributed by atoms with E-state index in [0.717, 1.165) is 10.2 Å². The molecule has 11 heavy (non-hydrogen) atoms. The molecule has 0 radical (unpaired) electrons. The van der Waals surface area contributed by atoms with Gasteiger partial charge in [-0.25, -0.2) is 5.26 Å². The zero-order valence-corrected chi connectivity index (χ0v) is 7.71. The third kappa shape index (κ3) is 3.06. The number of nitrogens with zero attached hydrogens (tertiary/aromatic N) is 1. The van der Waals surface area contributed by atoms with E-state index < -0.39 is 0 Å². The molecule has 0 aliphatic rings. The van der Waals surface area contributed by atoms with Crippen LogP contribution in [0, 0.1) is 11.8 Å². The van der Waals surface area contributed by atoms with E-state index in [1.54, 1.807) is 7.11 Å². The number of benzene rings is 1. The summed E-state index contributed by atoms with van der Waals surface area (Å²) in [6.07, 6.45) is 0. The highest BCUT2D eigenvalue weighted by molar-refractivity contribution is 9.10. The minimum absolute atomic E-state index is 0.873. The molecule has 0 unspecified atom stereocenters. The monoisotopic (exact) mass is 213 g/mol. The van der Waals surface area contributed by atoms with Crippen LogP contribution in [0.2, 0.25) is 0 Å². The van der Waals surface area contributed by atoms with Gasteiger partial charge in [-0.1, -0.05) is 12.1 Å². The van der Waals surface area contributed by atoms with E-state index in [9.17, 15) is 0 Å². The van der Waals surface area contributed by atoms with Gasteiger partial charge in [0.15, 0.2) is 0 Å². The predicted octanol–water partition coefficient (Wildman–Crippen LogP) is 2.60. The van der Waals surface area contributed by atoms with Crippen molar-refractivity contribution in [2.75, 3.05) is 7.11 Å². The molecule has 0 N–H and O–H groups in total. The number of ether oxygens (including phenoxy) is 1. The van der Waals surface area contributed by atoms with Gasteiger partial charge in [-0.15, -0.1) is 0 Å². The average molecular weight is 214 g/mol. The van der Waals surface area contributed by atoms with Crippen molar-refractivity contribution in [1.29, 1.82) is 5.26 Å². The van der Waals surface area contributed by atoms with E-state index in [0.29, 0.717) is 0 Å². The van der Waals surface area contributed by atoms with Crippen LogP contribution in [0.5, 0.6) is 5.75 Å². The van der Waals surface area contributed by atoms with Gasteiger partial charge in [-0.2, -0.15) is 0 Å². The van der Waals surface area contributed by atoms with E-state index in [1.807, 2.05) is 24.3 Å². The number of hydrogen-bond acceptors (Lipinski definition) is 2. The molecule has 0 aromatic heterocycles. The Kier molecular flexibility index (Phi) is 5.22. The SMILES string of the molecule is C#N.COc1ccccc1Br. The maximum Gasteiger partial charge on any atom is 0.133 e. The van der Waals surface area contributed by atoms with Crippen molar-refractivity contribution >= 4 is 15.9 Å². The van der Waals surface area contributed by atoms with Gasteiger partial charge in [0.1, 0.15) is 5.75 Å². The molecule has 0 aliphatic carbocycles. The fraction of sp³-hybridized carbons (Fsp3) is 0.125. The lowest BCUT2D eigenvalue weighted by molar-refractivity contribution is 0.412. The van der Waals surface area contributed by atoms with Crippen molar-refractivity contribution in [3.05, 3.63) is 28.7 Å². The van der Waals surface area contributed by atoms with E-state index in [2.05, 4.69) is 22.5 Å². The number of nitriles is 1. The lowest BCUT2D eigenvalue weighted by Gasteiger charge is -1.99. The minimum Gasteiger partial charge on any atom is -0.496 e. The Labute approximate surface area is 74.5 Å². The molecule has 0 spiro atoms. The summed E-state index contributed by atoms with van der Waals surface area (Å²) in [6, 6.07) is 7.74. The molecule has 2 nitrogen and oxygen atoms in total. The zero-order valence-electron chi connectivity index (χ0n) is 6.12. The first-order chi connectivity index (χ1) is 5.34. The molecular formula is C8H8BrNO. The van der Waals surface area contributed by atoms with Crippen molar-refractivity contribution in [2.24, 2.45) is 0 Å². The number of halogens is 1. The van der Waals surface area contributed by atoms with Crippen LogP contribution < -0.4 is 4.74 Å². The van der Waals surface area contributed by atoms with E-state index >= 15 is 0 Å². The molecule has 0 amide bonds. The van der Waals surface area contributed by atoms with Crippen LogP contribution in [-0.4, -0.2) is 7.11 Å². The van der Waals surface area contributed by atoms with Crippen LogP contribution in [0.3, 0.4) is 0 Å². The van der Waals surface area contributed by atoms with Gasteiger partial charge >= 0.3 is 0 Å².